The van der Waals surface area contributed by atoms with Gasteiger partial charge in [0, 0.05) is 32.1 Å². The monoisotopic (exact) mass is 340 g/mol. The predicted molar refractivity (Wildman–Crippen MR) is 90.3 cm³/mol. The smallest absolute Gasteiger partial charge is 0.171 e. The van der Waals surface area contributed by atoms with E-state index in [2.05, 4.69) is 46.2 Å². The van der Waals surface area contributed by atoms with Crippen molar-refractivity contribution in [3.8, 4) is 0 Å². The molecule has 1 unspecified atom stereocenters. The maximum atomic E-state index is 12.6. The lowest BCUT2D eigenvalue weighted by atomic mass is 9.89. The van der Waals surface area contributed by atoms with Crippen LogP contribution in [0.5, 0.6) is 0 Å². The minimum atomic E-state index is -4.01. The van der Waals surface area contributed by atoms with Gasteiger partial charge < -0.3 is 0 Å². The van der Waals surface area contributed by atoms with Crippen molar-refractivity contribution < 1.29 is 13.2 Å². The van der Waals surface area contributed by atoms with Crippen LogP contribution in [-0.2, 0) is 0 Å². The molecule has 0 N–H and O–H groups in total. The van der Waals surface area contributed by atoms with Crippen molar-refractivity contribution in [2.45, 2.75) is 83.0 Å². The first-order valence-electron chi connectivity index (χ1n) is 7.40. The number of alkyl halides is 3. The van der Waals surface area contributed by atoms with E-state index >= 15 is 0 Å². The summed E-state index contributed by atoms with van der Waals surface area (Å²) < 4.78 is 37.8. The van der Waals surface area contributed by atoms with E-state index in [1.807, 2.05) is 0 Å². The van der Waals surface area contributed by atoms with Crippen LogP contribution in [-0.4, -0.2) is 31.8 Å². The highest BCUT2D eigenvalue weighted by molar-refractivity contribution is 6.87. The summed E-state index contributed by atoms with van der Waals surface area (Å²) in [5, 5.41) is 0. The fourth-order valence-corrected chi connectivity index (χ4v) is 16.7. The molecular formula is C14H31F3Si3. The normalized spacial score (nSPS) is 16.8. The molecule has 0 saturated carbocycles. The Hall–Kier alpha value is 0.441. The molecule has 2 radical (unpaired) electrons. The highest BCUT2D eigenvalue weighted by Gasteiger charge is 2.38. The standard InChI is InChI=1S/C14H31F3Si3/c1-13(10-18(2)3,8-9-14(15,16)17)11-20(6,7)12-19(4)5/h8-12H2,1-7H3. The molecule has 0 saturated heterocycles. The van der Waals surface area contributed by atoms with Gasteiger partial charge in [0.15, 0.2) is 0 Å². The molecule has 6 heteroatoms. The third-order valence-electron chi connectivity index (χ3n) is 3.53. The molecule has 0 spiro atoms. The van der Waals surface area contributed by atoms with Crippen LogP contribution in [0.25, 0.3) is 0 Å². The molecule has 0 aromatic carbocycles. The summed E-state index contributed by atoms with van der Waals surface area (Å²) in [6, 6.07) is 2.07. The lowest BCUT2D eigenvalue weighted by molar-refractivity contribution is -0.139. The Balaban J connectivity index is 4.85. The van der Waals surface area contributed by atoms with Gasteiger partial charge >= 0.3 is 6.18 Å². The summed E-state index contributed by atoms with van der Waals surface area (Å²) in [5.74, 6) is 0. The Labute approximate surface area is 127 Å². The van der Waals surface area contributed by atoms with Gasteiger partial charge in [0.1, 0.15) is 0 Å². The zero-order chi connectivity index (χ0) is 16.2. The molecule has 0 fully saturated rings. The van der Waals surface area contributed by atoms with Crippen LogP contribution in [0.15, 0.2) is 0 Å². The lowest BCUT2D eigenvalue weighted by Gasteiger charge is -2.39. The fourth-order valence-electron chi connectivity index (χ4n) is 3.71. The van der Waals surface area contributed by atoms with Gasteiger partial charge in [0.05, 0.1) is 0 Å². The van der Waals surface area contributed by atoms with E-state index in [4.69, 9.17) is 0 Å². The molecule has 20 heavy (non-hydrogen) atoms. The van der Waals surface area contributed by atoms with E-state index in [0.717, 1.165) is 12.1 Å². The third kappa shape index (κ3) is 10.2. The molecule has 0 aliphatic rings. The lowest BCUT2D eigenvalue weighted by Crippen LogP contribution is -2.38. The SMILES string of the molecule is C[Si](C)CC(C)(CCC(F)(F)F)C[Si](C)(C)C[Si](C)C. The molecule has 0 amide bonds. The van der Waals surface area contributed by atoms with Crippen LogP contribution >= 0.6 is 0 Å². The van der Waals surface area contributed by atoms with Gasteiger partial charge in [-0.1, -0.05) is 64.0 Å². The summed E-state index contributed by atoms with van der Waals surface area (Å²) in [6.07, 6.45) is -4.30. The van der Waals surface area contributed by atoms with E-state index in [-0.39, 0.29) is 14.2 Å². The molecule has 1 atom stereocenters. The molecule has 0 aromatic heterocycles. The molecule has 0 nitrogen and oxygen atoms in total. The van der Waals surface area contributed by atoms with Gasteiger partial charge in [0.25, 0.3) is 0 Å². The predicted octanol–water partition coefficient (Wildman–Crippen LogP) is 6.09. The summed E-state index contributed by atoms with van der Waals surface area (Å²) in [6.45, 7) is 15.9. The summed E-state index contributed by atoms with van der Waals surface area (Å²) >= 11 is 0. The van der Waals surface area contributed by atoms with E-state index in [9.17, 15) is 13.2 Å². The second-order valence-electron chi connectivity index (χ2n) is 8.03. The molecule has 0 aliphatic heterocycles. The Morgan fingerprint density at radius 2 is 1.40 bits per heavy atom. The van der Waals surface area contributed by atoms with E-state index < -0.39 is 29.5 Å². The van der Waals surface area contributed by atoms with Crippen molar-refractivity contribution >= 4 is 25.7 Å². The summed E-state index contributed by atoms with van der Waals surface area (Å²) in [7, 11) is -2.15. The largest absolute Gasteiger partial charge is 0.389 e. The quantitative estimate of drug-likeness (QED) is 0.469. The van der Waals surface area contributed by atoms with Gasteiger partial charge in [-0.25, -0.2) is 0 Å². The first-order chi connectivity index (χ1) is 8.75. The van der Waals surface area contributed by atoms with Crippen molar-refractivity contribution in [1.29, 1.82) is 0 Å². The first kappa shape index (κ1) is 20.4. The Bertz CT molecular complexity index is 288. The Kier molecular flexibility index (Phi) is 7.80. The number of hydrogen-bond donors (Lipinski definition) is 0. The van der Waals surface area contributed by atoms with Gasteiger partial charge in [-0.15, -0.1) is 0 Å². The summed E-state index contributed by atoms with van der Waals surface area (Å²) in [4.78, 5) is 0. The molecular weight excluding hydrogens is 309 g/mol. The highest BCUT2D eigenvalue weighted by Crippen LogP contribution is 2.42. The first-order valence-corrected chi connectivity index (χ1v) is 16.2. The number of rotatable bonds is 8. The average molecular weight is 341 g/mol. The van der Waals surface area contributed by atoms with Gasteiger partial charge in [-0.3, -0.25) is 0 Å². The molecule has 120 valence electrons. The van der Waals surface area contributed by atoms with Crippen molar-refractivity contribution in [3.05, 3.63) is 0 Å². The van der Waals surface area contributed by atoms with Crippen LogP contribution in [0.4, 0.5) is 13.2 Å². The zero-order valence-electron chi connectivity index (χ0n) is 14.2. The van der Waals surface area contributed by atoms with Crippen LogP contribution < -0.4 is 0 Å². The van der Waals surface area contributed by atoms with Crippen molar-refractivity contribution in [1.82, 2.24) is 0 Å². The van der Waals surface area contributed by atoms with Gasteiger partial charge in [-0.2, -0.15) is 13.2 Å². The minimum absolute atomic E-state index is 0.0969. The van der Waals surface area contributed by atoms with Crippen LogP contribution in [0.2, 0.25) is 57.0 Å². The van der Waals surface area contributed by atoms with Crippen molar-refractivity contribution in [2.75, 3.05) is 0 Å². The van der Waals surface area contributed by atoms with Crippen LogP contribution in [0, 0.1) is 5.41 Å². The summed E-state index contributed by atoms with van der Waals surface area (Å²) in [5.41, 5.74) is 1.22. The van der Waals surface area contributed by atoms with Crippen molar-refractivity contribution in [2.24, 2.45) is 5.41 Å². The molecule has 0 aliphatic carbocycles. The van der Waals surface area contributed by atoms with Crippen molar-refractivity contribution in [3.63, 3.8) is 0 Å². The van der Waals surface area contributed by atoms with E-state index in [1.165, 1.54) is 5.67 Å². The molecule has 0 aromatic rings. The minimum Gasteiger partial charge on any atom is -0.171 e. The van der Waals surface area contributed by atoms with E-state index in [1.54, 1.807) is 0 Å². The topological polar surface area (TPSA) is 0 Å². The van der Waals surface area contributed by atoms with Gasteiger partial charge in [-0.05, 0) is 11.8 Å². The second kappa shape index (κ2) is 7.63. The molecule has 0 rings (SSSR count). The molecule has 0 bridgehead atoms. The maximum absolute atomic E-state index is 12.6. The Morgan fingerprint density at radius 1 is 0.900 bits per heavy atom. The zero-order valence-corrected chi connectivity index (χ0v) is 17.2. The van der Waals surface area contributed by atoms with E-state index in [0.29, 0.717) is 6.42 Å². The third-order valence-corrected chi connectivity index (χ3v) is 13.6. The Morgan fingerprint density at radius 3 is 1.75 bits per heavy atom. The second-order valence-corrected chi connectivity index (χ2v) is 19.3. The fraction of sp³-hybridized carbons (Fsp3) is 1.00. The van der Waals surface area contributed by atoms with Crippen LogP contribution in [0.1, 0.15) is 19.8 Å². The molecule has 0 heterocycles. The van der Waals surface area contributed by atoms with Crippen LogP contribution in [0.3, 0.4) is 0 Å². The number of halogens is 3. The number of hydrogen-bond acceptors (Lipinski definition) is 0. The van der Waals surface area contributed by atoms with Gasteiger partial charge in [0.2, 0.25) is 0 Å². The maximum Gasteiger partial charge on any atom is 0.389 e. The highest BCUT2D eigenvalue weighted by atomic mass is 28.4. The average Bonchev–Trinajstić information content (AvgIpc) is 2.08.